The minimum absolute atomic E-state index is 0.00613. The molecule has 0 aliphatic carbocycles. The van der Waals surface area contributed by atoms with Crippen molar-refractivity contribution in [2.45, 2.75) is 61.4 Å². The Labute approximate surface area is 266 Å². The smallest absolute Gasteiger partial charge is 0.245 e. The lowest BCUT2D eigenvalue weighted by molar-refractivity contribution is 0.134. The number of benzene rings is 3. The summed E-state index contributed by atoms with van der Waals surface area (Å²) in [4.78, 5) is 41.3. The van der Waals surface area contributed by atoms with Gasteiger partial charge in [-0.1, -0.05) is 79.2 Å². The number of thioether (sulfide) groups is 1. The van der Waals surface area contributed by atoms with Crippen molar-refractivity contribution in [2.75, 3.05) is 0 Å². The monoisotopic (exact) mass is 640 g/mol. The van der Waals surface area contributed by atoms with Gasteiger partial charge in [0.2, 0.25) is 0 Å². The molecule has 0 aliphatic heterocycles. The van der Waals surface area contributed by atoms with Crippen LogP contribution in [-0.2, 0) is 17.6 Å². The van der Waals surface area contributed by atoms with Crippen molar-refractivity contribution in [1.29, 1.82) is 0 Å². The van der Waals surface area contributed by atoms with Gasteiger partial charge in [0.05, 0.1) is 12.1 Å². The number of rotatable bonds is 12. The van der Waals surface area contributed by atoms with E-state index in [1.165, 1.54) is 9.36 Å². The van der Waals surface area contributed by atoms with Gasteiger partial charge >= 0.3 is 17.1 Å². The van der Waals surface area contributed by atoms with Gasteiger partial charge in [0.15, 0.2) is 0 Å². The Balaban J connectivity index is 1.67. The Morgan fingerprint density at radius 3 is 1.98 bits per heavy atom. The summed E-state index contributed by atoms with van der Waals surface area (Å²) in [5, 5.41) is 31.2. The molecule has 46 heavy (non-hydrogen) atoms. The van der Waals surface area contributed by atoms with Gasteiger partial charge in [0.25, 0.3) is 0 Å². The van der Waals surface area contributed by atoms with Gasteiger partial charge in [-0.25, -0.2) is 29.7 Å². The van der Waals surface area contributed by atoms with Crippen LogP contribution in [0.2, 0.25) is 0 Å². The molecule has 16 heteroatoms. The molecule has 3 aromatic heterocycles. The van der Waals surface area contributed by atoms with E-state index in [0.717, 1.165) is 26.3 Å². The highest BCUT2D eigenvalue weighted by molar-refractivity contribution is 7.99. The van der Waals surface area contributed by atoms with Crippen LogP contribution >= 0.6 is 11.8 Å². The highest BCUT2D eigenvalue weighted by atomic mass is 32.2. The quantitative estimate of drug-likeness (QED) is 0.167. The zero-order valence-electron chi connectivity index (χ0n) is 25.4. The SMILES string of the molecule is Cc1cccc([C@](Cn2nn[nH]c2=O)(C[C@@](CC(C)Sc2ccccc2)(c2ccccc2C)n2nn[nH]c2=O)n2nn[nH]c2=O)c1. The molecule has 6 rings (SSSR count). The van der Waals surface area contributed by atoms with Crippen LogP contribution in [0.4, 0.5) is 0 Å². The lowest BCUT2D eigenvalue weighted by atomic mass is 9.71. The van der Waals surface area contributed by atoms with Gasteiger partial charge in [-0.15, -0.1) is 11.8 Å². The lowest BCUT2D eigenvalue weighted by Gasteiger charge is -2.44. The summed E-state index contributed by atoms with van der Waals surface area (Å²) in [6.45, 7) is 5.79. The standard InChI is InChI=1S/C30H32N12O3S/c1-20-10-9-12-23(16-20)30(42-28(45)33-36-39-42,19-40-26(43)31-34-37-40)18-29(41-27(44)32-35-38-41,25-15-8-7-11-21(25)2)17-22(3)46-24-13-5-4-6-14-24/h4-16,22H,17-19H2,1-3H3,(H,31,37,43)(H,32,38,44)(H,33,39,45)/t22?,29-,30+/m0/s1. The first-order valence-electron chi connectivity index (χ1n) is 14.6. The minimum atomic E-state index is -1.46. The van der Waals surface area contributed by atoms with E-state index in [2.05, 4.69) is 53.5 Å². The maximum absolute atomic E-state index is 13.7. The predicted octanol–water partition coefficient (Wildman–Crippen LogP) is 1.99. The summed E-state index contributed by atoms with van der Waals surface area (Å²) in [5.41, 5.74) is -1.25. The zero-order valence-corrected chi connectivity index (χ0v) is 26.2. The van der Waals surface area contributed by atoms with Crippen LogP contribution in [0.3, 0.4) is 0 Å². The molecule has 0 spiro atoms. The predicted molar refractivity (Wildman–Crippen MR) is 169 cm³/mol. The lowest BCUT2D eigenvalue weighted by Crippen LogP contribution is -2.55. The molecule has 0 bridgehead atoms. The summed E-state index contributed by atoms with van der Waals surface area (Å²) < 4.78 is 3.70. The Morgan fingerprint density at radius 2 is 1.37 bits per heavy atom. The molecule has 6 aromatic rings. The van der Waals surface area contributed by atoms with E-state index < -0.39 is 28.1 Å². The second-order valence-corrected chi connectivity index (χ2v) is 12.9. The van der Waals surface area contributed by atoms with Crippen molar-refractivity contribution in [3.8, 4) is 0 Å². The van der Waals surface area contributed by atoms with Gasteiger partial charge in [-0.3, -0.25) is 0 Å². The number of aryl methyl sites for hydroxylation is 2. The first-order chi connectivity index (χ1) is 22.2. The Kier molecular flexibility index (Phi) is 8.36. The molecule has 0 saturated heterocycles. The molecular formula is C30H32N12O3S. The average Bonchev–Trinajstić information content (AvgIpc) is 3.78. The van der Waals surface area contributed by atoms with E-state index in [0.29, 0.717) is 12.0 Å². The normalized spacial score (nSPS) is 14.8. The summed E-state index contributed by atoms with van der Waals surface area (Å²) >= 11 is 1.65. The summed E-state index contributed by atoms with van der Waals surface area (Å²) in [7, 11) is 0. The van der Waals surface area contributed by atoms with E-state index in [9.17, 15) is 14.4 Å². The third kappa shape index (κ3) is 5.74. The number of aromatic nitrogens is 12. The fourth-order valence-electron chi connectivity index (χ4n) is 6.35. The molecule has 0 radical (unpaired) electrons. The molecule has 1 unspecified atom stereocenters. The summed E-state index contributed by atoms with van der Waals surface area (Å²) in [5.74, 6) is 0. The van der Waals surface area contributed by atoms with Gasteiger partial charge in [0, 0.05) is 16.6 Å². The van der Waals surface area contributed by atoms with Crippen molar-refractivity contribution in [3.05, 3.63) is 133 Å². The molecule has 0 aliphatic rings. The van der Waals surface area contributed by atoms with Crippen LogP contribution in [0.15, 0.2) is 98.1 Å². The fourth-order valence-corrected chi connectivity index (χ4v) is 7.49. The van der Waals surface area contributed by atoms with E-state index >= 15 is 0 Å². The summed E-state index contributed by atoms with van der Waals surface area (Å²) in [6, 6.07) is 25.3. The maximum Gasteiger partial charge on any atom is 0.361 e. The first-order valence-corrected chi connectivity index (χ1v) is 15.4. The van der Waals surface area contributed by atoms with Crippen LogP contribution in [0.1, 0.15) is 42.0 Å². The second-order valence-electron chi connectivity index (χ2n) is 11.4. The number of nitrogens with one attached hydrogen (secondary N) is 3. The van der Waals surface area contributed by atoms with Crippen molar-refractivity contribution in [1.82, 2.24) is 60.6 Å². The maximum atomic E-state index is 13.7. The van der Waals surface area contributed by atoms with E-state index in [1.807, 2.05) is 92.7 Å². The number of nitrogens with zero attached hydrogens (tertiary/aromatic N) is 9. The third-order valence-corrected chi connectivity index (χ3v) is 9.31. The van der Waals surface area contributed by atoms with Crippen LogP contribution in [0.5, 0.6) is 0 Å². The van der Waals surface area contributed by atoms with Crippen molar-refractivity contribution >= 4 is 11.8 Å². The second kappa shape index (κ2) is 12.5. The molecule has 0 saturated carbocycles. The zero-order chi connectivity index (χ0) is 32.3. The average molecular weight is 641 g/mol. The molecule has 3 aromatic carbocycles. The molecule has 3 atom stereocenters. The fraction of sp³-hybridized carbons (Fsp3) is 0.300. The highest BCUT2D eigenvalue weighted by Crippen LogP contribution is 2.46. The van der Waals surface area contributed by atoms with E-state index in [-0.39, 0.29) is 18.2 Å². The number of H-pyrrole nitrogens is 3. The van der Waals surface area contributed by atoms with Crippen LogP contribution < -0.4 is 17.1 Å². The Hall–Kier alpha value is -5.38. The van der Waals surface area contributed by atoms with Crippen LogP contribution in [0, 0.1) is 13.8 Å². The van der Waals surface area contributed by atoms with Crippen molar-refractivity contribution in [3.63, 3.8) is 0 Å². The van der Waals surface area contributed by atoms with E-state index in [1.54, 1.807) is 11.8 Å². The third-order valence-electron chi connectivity index (χ3n) is 8.19. The number of hydrogen-bond donors (Lipinski definition) is 3. The minimum Gasteiger partial charge on any atom is -0.245 e. The molecule has 3 heterocycles. The Morgan fingerprint density at radius 1 is 0.739 bits per heavy atom. The number of tetrazole rings is 3. The van der Waals surface area contributed by atoms with Gasteiger partial charge in [-0.2, -0.15) is 14.0 Å². The highest BCUT2D eigenvalue weighted by Gasteiger charge is 2.51. The molecule has 236 valence electrons. The molecule has 0 fully saturated rings. The van der Waals surface area contributed by atoms with Crippen molar-refractivity contribution < 1.29 is 0 Å². The number of hydrogen-bond acceptors (Lipinski definition) is 10. The summed E-state index contributed by atoms with van der Waals surface area (Å²) in [6.07, 6.45) is 0.365. The largest absolute Gasteiger partial charge is 0.361 e. The first kappa shape index (κ1) is 30.6. The number of aromatic amines is 3. The molecule has 15 nitrogen and oxygen atoms in total. The topological polar surface area (TPSA) is 191 Å². The van der Waals surface area contributed by atoms with Gasteiger partial charge in [-0.05, 0) is 80.4 Å². The molecular weight excluding hydrogens is 608 g/mol. The Bertz CT molecular complexity index is 2110. The van der Waals surface area contributed by atoms with Crippen molar-refractivity contribution in [2.24, 2.45) is 0 Å². The molecule has 0 amide bonds. The van der Waals surface area contributed by atoms with Gasteiger partial charge < -0.3 is 0 Å². The van der Waals surface area contributed by atoms with Crippen LogP contribution in [0.25, 0.3) is 0 Å². The van der Waals surface area contributed by atoms with E-state index in [4.69, 9.17) is 0 Å². The van der Waals surface area contributed by atoms with Gasteiger partial charge in [0.1, 0.15) is 5.54 Å². The van der Waals surface area contributed by atoms with Crippen LogP contribution in [-0.4, -0.2) is 65.9 Å². The molecule has 3 N–H and O–H groups in total.